The van der Waals surface area contributed by atoms with Gasteiger partial charge in [0.05, 0.1) is 19.8 Å². The zero-order valence-electron chi connectivity index (χ0n) is 13.3. The van der Waals surface area contributed by atoms with Crippen molar-refractivity contribution in [2.75, 3.05) is 42.4 Å². The number of nitrogens with two attached hydrogens (primary N) is 1. The number of anilines is 4. The van der Waals surface area contributed by atoms with Gasteiger partial charge < -0.3 is 25.9 Å². The predicted molar refractivity (Wildman–Crippen MR) is 90.7 cm³/mol. The largest absolute Gasteiger partial charge is 0.394 e. The molecule has 0 unspecified atom stereocenters. The predicted octanol–water partition coefficient (Wildman–Crippen LogP) is 1.37. The molecule has 2 rings (SSSR count). The van der Waals surface area contributed by atoms with Crippen LogP contribution in [0.5, 0.6) is 0 Å². The van der Waals surface area contributed by atoms with Crippen LogP contribution in [0.3, 0.4) is 0 Å². The van der Waals surface area contributed by atoms with Crippen molar-refractivity contribution >= 4 is 23.3 Å². The van der Waals surface area contributed by atoms with Crippen LogP contribution in [-0.4, -0.2) is 41.4 Å². The smallest absolute Gasteiger partial charge is 0.231 e. The SMILES string of the molecule is Cc1ccc(F)cc1Nc1nc(NN)cc(NCCOCCO)n1. The minimum absolute atomic E-state index is 0.0181. The summed E-state index contributed by atoms with van der Waals surface area (Å²) < 4.78 is 18.5. The summed E-state index contributed by atoms with van der Waals surface area (Å²) in [6, 6.07) is 6.06. The second kappa shape index (κ2) is 8.96. The molecule has 1 aromatic carbocycles. The fourth-order valence-corrected chi connectivity index (χ4v) is 1.93. The number of halogens is 1. The number of aryl methyl sites for hydroxylation is 1. The average molecular weight is 336 g/mol. The Kier molecular flexibility index (Phi) is 6.67. The second-order valence-corrected chi connectivity index (χ2v) is 4.95. The Morgan fingerprint density at radius 2 is 2.00 bits per heavy atom. The van der Waals surface area contributed by atoms with E-state index in [9.17, 15) is 4.39 Å². The Labute approximate surface area is 139 Å². The van der Waals surface area contributed by atoms with Crippen molar-refractivity contribution in [2.45, 2.75) is 6.92 Å². The Morgan fingerprint density at radius 3 is 2.75 bits per heavy atom. The summed E-state index contributed by atoms with van der Waals surface area (Å²) in [4.78, 5) is 8.50. The van der Waals surface area contributed by atoms with E-state index >= 15 is 0 Å². The molecule has 0 saturated carbocycles. The summed E-state index contributed by atoms with van der Waals surface area (Å²) in [6.07, 6.45) is 0. The molecule has 8 nitrogen and oxygen atoms in total. The highest BCUT2D eigenvalue weighted by atomic mass is 19.1. The average Bonchev–Trinajstić information content (AvgIpc) is 2.58. The molecule has 0 aliphatic rings. The van der Waals surface area contributed by atoms with E-state index in [0.29, 0.717) is 30.5 Å². The van der Waals surface area contributed by atoms with Crippen molar-refractivity contribution in [1.29, 1.82) is 0 Å². The summed E-state index contributed by atoms with van der Waals surface area (Å²) >= 11 is 0. The maximum atomic E-state index is 13.4. The lowest BCUT2D eigenvalue weighted by Gasteiger charge is -2.12. The van der Waals surface area contributed by atoms with Crippen LogP contribution in [0.1, 0.15) is 5.56 Å². The normalized spacial score (nSPS) is 10.5. The summed E-state index contributed by atoms with van der Waals surface area (Å²) in [5.41, 5.74) is 3.89. The molecule has 0 aliphatic heterocycles. The first-order chi connectivity index (χ1) is 11.6. The highest BCUT2D eigenvalue weighted by Gasteiger charge is 2.07. The maximum absolute atomic E-state index is 13.4. The molecule has 9 heteroatoms. The molecule has 1 aromatic heterocycles. The molecule has 0 spiro atoms. The number of hydrogen-bond acceptors (Lipinski definition) is 8. The van der Waals surface area contributed by atoms with E-state index < -0.39 is 0 Å². The van der Waals surface area contributed by atoms with E-state index in [-0.39, 0.29) is 25.0 Å². The van der Waals surface area contributed by atoms with Gasteiger partial charge in [-0.2, -0.15) is 9.97 Å². The van der Waals surface area contributed by atoms with Gasteiger partial charge in [-0.15, -0.1) is 0 Å². The van der Waals surface area contributed by atoms with Crippen molar-refractivity contribution in [2.24, 2.45) is 5.84 Å². The number of ether oxygens (including phenoxy) is 1. The van der Waals surface area contributed by atoms with Gasteiger partial charge in [-0.25, -0.2) is 10.2 Å². The van der Waals surface area contributed by atoms with E-state index in [1.165, 1.54) is 12.1 Å². The number of nitrogens with zero attached hydrogens (tertiary/aromatic N) is 2. The Hall–Kier alpha value is -2.49. The van der Waals surface area contributed by atoms with Crippen molar-refractivity contribution in [1.82, 2.24) is 9.97 Å². The minimum atomic E-state index is -0.351. The standard InChI is InChI=1S/C15H21FN6O2/c1-10-2-3-11(16)8-12(10)19-15-20-13(9-14(21-15)22-17)18-4-6-24-7-5-23/h2-3,8-9,23H,4-7,17H2,1H3,(H3,18,19,20,21,22). The van der Waals surface area contributed by atoms with Crippen LogP contribution in [-0.2, 0) is 4.74 Å². The van der Waals surface area contributed by atoms with Gasteiger partial charge in [0.15, 0.2) is 0 Å². The van der Waals surface area contributed by atoms with Crippen LogP contribution < -0.4 is 21.9 Å². The summed E-state index contributed by atoms with van der Waals surface area (Å²) in [5.74, 6) is 6.28. The first-order valence-electron chi connectivity index (χ1n) is 7.43. The summed E-state index contributed by atoms with van der Waals surface area (Å²) in [7, 11) is 0. The van der Waals surface area contributed by atoms with E-state index in [0.717, 1.165) is 5.56 Å². The molecule has 24 heavy (non-hydrogen) atoms. The number of aliphatic hydroxyl groups excluding tert-OH is 1. The van der Waals surface area contributed by atoms with E-state index in [4.69, 9.17) is 15.7 Å². The third kappa shape index (κ3) is 5.30. The third-order valence-electron chi connectivity index (χ3n) is 3.11. The van der Waals surface area contributed by atoms with Gasteiger partial charge in [0.2, 0.25) is 5.95 Å². The lowest BCUT2D eigenvalue weighted by atomic mass is 10.2. The van der Waals surface area contributed by atoms with Crippen LogP contribution >= 0.6 is 0 Å². The highest BCUT2D eigenvalue weighted by Crippen LogP contribution is 2.21. The van der Waals surface area contributed by atoms with Crippen LogP contribution in [0.25, 0.3) is 0 Å². The topological polar surface area (TPSA) is 117 Å². The number of hydrogen-bond donors (Lipinski definition) is 5. The van der Waals surface area contributed by atoms with Gasteiger partial charge >= 0.3 is 0 Å². The van der Waals surface area contributed by atoms with Crippen LogP contribution in [0.4, 0.5) is 27.7 Å². The molecule has 0 atom stereocenters. The van der Waals surface area contributed by atoms with Crippen molar-refractivity contribution in [3.05, 3.63) is 35.6 Å². The molecular weight excluding hydrogens is 315 g/mol. The van der Waals surface area contributed by atoms with Crippen LogP contribution in [0.15, 0.2) is 24.3 Å². The molecule has 0 bridgehead atoms. The first kappa shape index (κ1) is 17.9. The molecule has 2 aromatic rings. The van der Waals surface area contributed by atoms with Crippen LogP contribution in [0, 0.1) is 12.7 Å². The Balaban J connectivity index is 2.09. The maximum Gasteiger partial charge on any atom is 0.231 e. The fourth-order valence-electron chi connectivity index (χ4n) is 1.93. The van der Waals surface area contributed by atoms with Crippen molar-refractivity contribution < 1.29 is 14.2 Å². The number of nitrogens with one attached hydrogen (secondary N) is 3. The Bertz CT molecular complexity index is 670. The monoisotopic (exact) mass is 336 g/mol. The van der Waals surface area contributed by atoms with Crippen LogP contribution in [0.2, 0.25) is 0 Å². The first-order valence-corrected chi connectivity index (χ1v) is 7.43. The zero-order chi connectivity index (χ0) is 17.4. The van der Waals surface area contributed by atoms with E-state index in [1.54, 1.807) is 12.1 Å². The molecule has 0 fully saturated rings. The van der Waals surface area contributed by atoms with Crippen molar-refractivity contribution in [3.8, 4) is 0 Å². The molecule has 0 aliphatic carbocycles. The van der Waals surface area contributed by atoms with Gasteiger partial charge in [0.25, 0.3) is 0 Å². The number of aromatic nitrogens is 2. The van der Waals surface area contributed by atoms with Gasteiger partial charge in [0.1, 0.15) is 17.5 Å². The lowest BCUT2D eigenvalue weighted by Crippen LogP contribution is -2.15. The molecule has 130 valence electrons. The molecule has 1 heterocycles. The highest BCUT2D eigenvalue weighted by molar-refractivity contribution is 5.61. The number of hydrazine groups is 1. The molecule has 0 radical (unpaired) electrons. The van der Waals surface area contributed by atoms with E-state index in [2.05, 4.69) is 26.0 Å². The van der Waals surface area contributed by atoms with Gasteiger partial charge in [-0.1, -0.05) is 6.07 Å². The third-order valence-corrected chi connectivity index (χ3v) is 3.11. The number of aliphatic hydroxyl groups is 1. The molecular formula is C15H21FN6O2. The zero-order valence-corrected chi connectivity index (χ0v) is 13.3. The van der Waals surface area contributed by atoms with Gasteiger partial charge in [0, 0.05) is 18.3 Å². The quantitative estimate of drug-likeness (QED) is 0.265. The number of rotatable bonds is 9. The summed E-state index contributed by atoms with van der Waals surface area (Å²) in [6.45, 7) is 3.04. The van der Waals surface area contributed by atoms with E-state index in [1.807, 2.05) is 6.92 Å². The molecule has 6 N–H and O–H groups in total. The summed E-state index contributed by atoms with van der Waals surface area (Å²) in [5, 5.41) is 14.7. The second-order valence-electron chi connectivity index (χ2n) is 4.95. The van der Waals surface area contributed by atoms with Gasteiger partial charge in [-0.05, 0) is 24.6 Å². The fraction of sp³-hybridized carbons (Fsp3) is 0.333. The Morgan fingerprint density at radius 1 is 1.21 bits per heavy atom. The van der Waals surface area contributed by atoms with Gasteiger partial charge in [-0.3, -0.25) is 0 Å². The molecule has 0 saturated heterocycles. The lowest BCUT2D eigenvalue weighted by molar-refractivity contribution is 0.0992. The van der Waals surface area contributed by atoms with Crippen molar-refractivity contribution in [3.63, 3.8) is 0 Å². The number of benzene rings is 1. The minimum Gasteiger partial charge on any atom is -0.394 e. The molecule has 0 amide bonds. The number of nitrogen functional groups attached to an aromatic ring is 1.